The molecule has 6 aromatic carbocycles. The maximum atomic E-state index is 14.3. The van der Waals surface area contributed by atoms with E-state index in [9.17, 15) is 22.8 Å². The third-order valence-electron chi connectivity index (χ3n) is 9.25. The van der Waals surface area contributed by atoms with E-state index in [2.05, 4.69) is 0 Å². The number of methoxy groups -OCH3 is 1. The van der Waals surface area contributed by atoms with Crippen molar-refractivity contribution in [3.05, 3.63) is 185 Å². The highest BCUT2D eigenvalue weighted by molar-refractivity contribution is 7.89. The Morgan fingerprint density at radius 3 is 1.93 bits per heavy atom. The van der Waals surface area contributed by atoms with Crippen LogP contribution in [0.3, 0.4) is 0 Å². The Balaban J connectivity index is 1.33. The first-order valence-electron chi connectivity index (χ1n) is 18.1. The standard InChI is InChI=1S/C46H42N2O8S/c1-33-17-24-41(25-18-33)57(52,53)47(2)30-44(49)48(29-34-19-21-37(22-20-34)38-15-10-16-39(27-38)45(50)54-3)40-23-26-42(46(51)56-32-36-13-8-5-9-14-36)43(28-40)55-31-35-11-6-4-7-12-35/h4-28H,29-32H2,1-3H3. The van der Waals surface area contributed by atoms with Crippen molar-refractivity contribution >= 4 is 33.6 Å². The van der Waals surface area contributed by atoms with Gasteiger partial charge in [0, 0.05) is 18.8 Å². The monoisotopic (exact) mass is 782 g/mol. The van der Waals surface area contributed by atoms with Gasteiger partial charge in [-0.3, -0.25) is 4.79 Å². The second kappa shape index (κ2) is 18.4. The van der Waals surface area contributed by atoms with Gasteiger partial charge in [-0.1, -0.05) is 115 Å². The number of hydrogen-bond acceptors (Lipinski definition) is 8. The topological polar surface area (TPSA) is 120 Å². The first-order valence-corrected chi connectivity index (χ1v) is 19.6. The van der Waals surface area contributed by atoms with E-state index >= 15 is 0 Å². The second-order valence-electron chi connectivity index (χ2n) is 13.3. The van der Waals surface area contributed by atoms with Gasteiger partial charge < -0.3 is 19.1 Å². The summed E-state index contributed by atoms with van der Waals surface area (Å²) in [6.07, 6.45) is 0. The normalized spacial score (nSPS) is 11.2. The molecule has 10 nitrogen and oxygen atoms in total. The molecule has 57 heavy (non-hydrogen) atoms. The van der Waals surface area contributed by atoms with Gasteiger partial charge in [0.1, 0.15) is 24.5 Å². The second-order valence-corrected chi connectivity index (χ2v) is 15.4. The molecule has 290 valence electrons. The van der Waals surface area contributed by atoms with E-state index in [4.69, 9.17) is 14.2 Å². The number of hydrogen-bond donors (Lipinski definition) is 0. The predicted octanol–water partition coefficient (Wildman–Crippen LogP) is 8.24. The van der Waals surface area contributed by atoms with Crippen molar-refractivity contribution in [2.75, 3.05) is 25.6 Å². The lowest BCUT2D eigenvalue weighted by Gasteiger charge is -2.27. The van der Waals surface area contributed by atoms with E-state index in [1.807, 2.05) is 97.9 Å². The minimum Gasteiger partial charge on any atom is -0.488 e. The van der Waals surface area contributed by atoms with Gasteiger partial charge in [0.2, 0.25) is 15.9 Å². The Labute approximate surface area is 332 Å². The van der Waals surface area contributed by atoms with Crippen LogP contribution in [0.15, 0.2) is 157 Å². The van der Waals surface area contributed by atoms with Crippen molar-refractivity contribution in [2.24, 2.45) is 0 Å². The zero-order valence-corrected chi connectivity index (χ0v) is 32.6. The van der Waals surface area contributed by atoms with Crippen LogP contribution in [0.25, 0.3) is 11.1 Å². The lowest BCUT2D eigenvalue weighted by Crippen LogP contribution is -2.41. The molecule has 0 heterocycles. The number of benzene rings is 6. The van der Waals surface area contributed by atoms with E-state index in [0.29, 0.717) is 11.3 Å². The maximum absolute atomic E-state index is 14.3. The van der Waals surface area contributed by atoms with Crippen LogP contribution in [-0.2, 0) is 44.1 Å². The fourth-order valence-corrected chi connectivity index (χ4v) is 7.13. The Morgan fingerprint density at radius 2 is 1.28 bits per heavy atom. The molecule has 0 N–H and O–H groups in total. The van der Waals surface area contributed by atoms with E-state index < -0.39 is 34.4 Å². The number of likely N-dealkylation sites (N-methyl/N-ethyl adjacent to an activating group) is 1. The average Bonchev–Trinajstić information content (AvgIpc) is 3.24. The lowest BCUT2D eigenvalue weighted by molar-refractivity contribution is -0.118. The van der Waals surface area contributed by atoms with Crippen LogP contribution in [0.1, 0.15) is 43.0 Å². The molecule has 0 aromatic heterocycles. The van der Waals surface area contributed by atoms with Crippen molar-refractivity contribution in [1.29, 1.82) is 0 Å². The van der Waals surface area contributed by atoms with Gasteiger partial charge in [0.05, 0.1) is 30.7 Å². The van der Waals surface area contributed by atoms with Crippen LogP contribution >= 0.6 is 0 Å². The van der Waals surface area contributed by atoms with Crippen LogP contribution < -0.4 is 9.64 Å². The number of esters is 2. The van der Waals surface area contributed by atoms with E-state index in [-0.39, 0.29) is 36.0 Å². The summed E-state index contributed by atoms with van der Waals surface area (Å²) in [6, 6.07) is 44.5. The van der Waals surface area contributed by atoms with Crippen LogP contribution in [0.5, 0.6) is 5.75 Å². The number of carbonyl (C=O) groups is 3. The van der Waals surface area contributed by atoms with Gasteiger partial charge in [-0.15, -0.1) is 0 Å². The number of rotatable bonds is 15. The van der Waals surface area contributed by atoms with Gasteiger partial charge in [-0.05, 0) is 71.1 Å². The molecule has 0 aliphatic carbocycles. The quantitative estimate of drug-likeness (QED) is 0.0957. The number of carbonyl (C=O) groups excluding carboxylic acids is 3. The molecule has 0 fully saturated rings. The molecule has 0 saturated heterocycles. The average molecular weight is 783 g/mol. The Bertz CT molecular complexity index is 2440. The highest BCUT2D eigenvalue weighted by Gasteiger charge is 2.27. The summed E-state index contributed by atoms with van der Waals surface area (Å²) in [5.74, 6) is -1.38. The molecule has 0 unspecified atom stereocenters. The Hall–Kier alpha value is -6.56. The summed E-state index contributed by atoms with van der Waals surface area (Å²) < 4.78 is 44.9. The molecule has 0 bridgehead atoms. The largest absolute Gasteiger partial charge is 0.488 e. The molecule has 0 saturated carbocycles. The fraction of sp³-hybridized carbons (Fsp3) is 0.152. The maximum Gasteiger partial charge on any atom is 0.342 e. The summed E-state index contributed by atoms with van der Waals surface area (Å²) in [5.41, 5.74) is 5.90. The molecule has 0 spiro atoms. The number of sulfonamides is 1. The van der Waals surface area contributed by atoms with Crippen LogP contribution in [0, 0.1) is 6.92 Å². The number of aryl methyl sites for hydroxylation is 1. The number of ether oxygens (including phenoxy) is 3. The third-order valence-corrected chi connectivity index (χ3v) is 11.1. The zero-order valence-electron chi connectivity index (χ0n) is 31.8. The summed E-state index contributed by atoms with van der Waals surface area (Å²) in [4.78, 5) is 41.5. The molecule has 0 aliphatic heterocycles. The molecule has 0 atom stereocenters. The molecule has 11 heteroatoms. The lowest BCUT2D eigenvalue weighted by atomic mass is 10.0. The summed E-state index contributed by atoms with van der Waals surface area (Å²) in [6.45, 7) is 1.62. The van der Waals surface area contributed by atoms with E-state index in [1.54, 1.807) is 48.5 Å². The fourth-order valence-electron chi connectivity index (χ4n) is 6.01. The Morgan fingerprint density at radius 1 is 0.632 bits per heavy atom. The smallest absolute Gasteiger partial charge is 0.342 e. The van der Waals surface area contributed by atoms with Crippen molar-refractivity contribution in [3.63, 3.8) is 0 Å². The summed E-state index contributed by atoms with van der Waals surface area (Å²) in [5, 5.41) is 0. The molecular weight excluding hydrogens is 741 g/mol. The van der Waals surface area contributed by atoms with Crippen molar-refractivity contribution in [2.45, 2.75) is 31.6 Å². The minimum absolute atomic E-state index is 0.0505. The van der Waals surface area contributed by atoms with Crippen LogP contribution in [0.4, 0.5) is 5.69 Å². The zero-order chi connectivity index (χ0) is 40.4. The molecule has 0 aliphatic rings. The molecule has 6 aromatic rings. The molecule has 0 radical (unpaired) electrons. The van der Waals surface area contributed by atoms with Gasteiger partial charge in [-0.25, -0.2) is 18.0 Å². The first kappa shape index (κ1) is 40.1. The van der Waals surface area contributed by atoms with Crippen molar-refractivity contribution < 1.29 is 37.0 Å². The van der Waals surface area contributed by atoms with Gasteiger partial charge >= 0.3 is 11.9 Å². The summed E-state index contributed by atoms with van der Waals surface area (Å²) >= 11 is 0. The molecule has 6 rings (SSSR count). The molecular formula is C46H42N2O8S. The van der Waals surface area contributed by atoms with Gasteiger partial charge in [0.25, 0.3) is 0 Å². The van der Waals surface area contributed by atoms with Crippen LogP contribution in [-0.4, -0.2) is 51.3 Å². The summed E-state index contributed by atoms with van der Waals surface area (Å²) in [7, 11) is -1.32. The minimum atomic E-state index is -4.01. The Kier molecular flexibility index (Phi) is 12.9. The molecule has 1 amide bonds. The number of anilines is 1. The predicted molar refractivity (Wildman–Crippen MR) is 218 cm³/mol. The van der Waals surface area contributed by atoms with Gasteiger partial charge in [-0.2, -0.15) is 4.31 Å². The van der Waals surface area contributed by atoms with E-state index in [0.717, 1.165) is 37.7 Å². The SMILES string of the molecule is COC(=O)c1cccc(-c2ccc(CN(C(=O)CN(C)S(=O)(=O)c3ccc(C)cc3)c3ccc(C(=O)OCc4ccccc4)c(OCc4ccccc4)c3)cc2)c1. The van der Waals surface area contributed by atoms with Crippen molar-refractivity contribution in [3.8, 4) is 16.9 Å². The van der Waals surface area contributed by atoms with Crippen molar-refractivity contribution in [1.82, 2.24) is 4.31 Å². The first-order chi connectivity index (χ1) is 27.5. The van der Waals surface area contributed by atoms with Crippen LogP contribution in [0.2, 0.25) is 0 Å². The highest BCUT2D eigenvalue weighted by atomic mass is 32.2. The number of amides is 1. The number of nitrogens with zero attached hydrogens (tertiary/aromatic N) is 2. The third kappa shape index (κ3) is 10.2. The van der Waals surface area contributed by atoms with E-state index in [1.165, 1.54) is 31.2 Å². The van der Waals surface area contributed by atoms with Gasteiger partial charge in [0.15, 0.2) is 0 Å². The highest BCUT2D eigenvalue weighted by Crippen LogP contribution is 2.30.